The molecule has 0 heterocycles. The van der Waals surface area contributed by atoms with Crippen molar-refractivity contribution in [2.75, 3.05) is 6.54 Å². The zero-order valence-electron chi connectivity index (χ0n) is 10.1. The summed E-state index contributed by atoms with van der Waals surface area (Å²) in [5.41, 5.74) is 5.20. The van der Waals surface area contributed by atoms with E-state index in [0.29, 0.717) is 6.54 Å². The Hall–Kier alpha value is -1.32. The summed E-state index contributed by atoms with van der Waals surface area (Å²) in [5.74, 6) is -0.794. The third-order valence-corrected chi connectivity index (χ3v) is 2.27. The third kappa shape index (κ3) is 8.03. The summed E-state index contributed by atoms with van der Waals surface area (Å²) in [7, 11) is 0. The number of amides is 2. The Morgan fingerprint density at radius 2 is 1.81 bits per heavy atom. The van der Waals surface area contributed by atoms with Crippen LogP contribution < -0.4 is 11.1 Å². The average Bonchev–Trinajstić information content (AvgIpc) is 2.21. The van der Waals surface area contributed by atoms with Gasteiger partial charge in [0.1, 0.15) is 0 Å². The van der Waals surface area contributed by atoms with Gasteiger partial charge >= 0.3 is 0 Å². The van der Waals surface area contributed by atoms with Crippen molar-refractivity contribution >= 4 is 11.8 Å². The van der Waals surface area contributed by atoms with Gasteiger partial charge in [-0.2, -0.15) is 0 Å². The molecular formula is C12H22N2O2. The van der Waals surface area contributed by atoms with Gasteiger partial charge in [0.15, 0.2) is 0 Å². The highest BCUT2D eigenvalue weighted by Crippen LogP contribution is 2.02. The Morgan fingerprint density at radius 3 is 2.38 bits per heavy atom. The first-order chi connectivity index (χ1) is 7.57. The maximum absolute atomic E-state index is 11.3. The van der Waals surface area contributed by atoms with Crippen LogP contribution in [-0.2, 0) is 9.59 Å². The highest BCUT2D eigenvalue weighted by molar-refractivity contribution is 5.97. The van der Waals surface area contributed by atoms with E-state index in [9.17, 15) is 9.59 Å². The highest BCUT2D eigenvalue weighted by atomic mass is 16.2. The van der Waals surface area contributed by atoms with Gasteiger partial charge in [-0.25, -0.2) is 0 Å². The van der Waals surface area contributed by atoms with Crippen LogP contribution in [0.5, 0.6) is 0 Å². The molecule has 0 bridgehead atoms. The number of primary amides is 1. The van der Waals surface area contributed by atoms with E-state index in [-0.39, 0.29) is 17.9 Å². The maximum Gasteiger partial charge on any atom is 0.247 e. The van der Waals surface area contributed by atoms with Crippen LogP contribution in [0.1, 0.15) is 45.4 Å². The van der Waals surface area contributed by atoms with Crippen LogP contribution in [0.25, 0.3) is 0 Å². The molecule has 0 aromatic carbocycles. The second-order valence-corrected chi connectivity index (χ2v) is 3.92. The smallest absolute Gasteiger partial charge is 0.247 e. The van der Waals surface area contributed by atoms with Gasteiger partial charge in [-0.15, -0.1) is 0 Å². The van der Waals surface area contributed by atoms with Crippen molar-refractivity contribution in [2.45, 2.75) is 45.4 Å². The molecule has 0 fully saturated rings. The van der Waals surface area contributed by atoms with Crippen molar-refractivity contribution in [2.24, 2.45) is 5.73 Å². The molecule has 0 spiro atoms. The first-order valence-electron chi connectivity index (χ1n) is 5.82. The molecule has 2 amide bonds. The molecule has 0 aliphatic carbocycles. The SMILES string of the molecule is C=C(CC(N)=O)C(=O)NCCCCCCC. The molecule has 0 aliphatic rings. The molecule has 0 aliphatic heterocycles. The second kappa shape index (κ2) is 8.95. The van der Waals surface area contributed by atoms with Gasteiger partial charge in [0.25, 0.3) is 0 Å². The predicted octanol–water partition coefficient (Wildman–Crippen LogP) is 1.50. The molecule has 3 N–H and O–H groups in total. The summed E-state index contributed by atoms with van der Waals surface area (Å²) in [6.45, 7) is 6.31. The number of rotatable bonds is 9. The number of carbonyl (C=O) groups is 2. The number of nitrogens with one attached hydrogen (secondary N) is 1. The molecular weight excluding hydrogens is 204 g/mol. The Labute approximate surface area is 97.3 Å². The lowest BCUT2D eigenvalue weighted by atomic mass is 10.1. The molecule has 4 heteroatoms. The monoisotopic (exact) mass is 226 g/mol. The maximum atomic E-state index is 11.3. The molecule has 0 aromatic heterocycles. The van der Waals surface area contributed by atoms with Crippen molar-refractivity contribution in [1.29, 1.82) is 0 Å². The molecule has 0 saturated heterocycles. The Morgan fingerprint density at radius 1 is 1.19 bits per heavy atom. The third-order valence-electron chi connectivity index (χ3n) is 2.27. The Bertz CT molecular complexity index is 249. The summed E-state index contributed by atoms with van der Waals surface area (Å²) in [6, 6.07) is 0. The summed E-state index contributed by atoms with van der Waals surface area (Å²) in [6.07, 6.45) is 5.67. The molecule has 0 aromatic rings. The number of unbranched alkanes of at least 4 members (excludes halogenated alkanes) is 4. The fourth-order valence-corrected chi connectivity index (χ4v) is 1.35. The van der Waals surface area contributed by atoms with E-state index in [1.807, 2.05) is 0 Å². The minimum atomic E-state index is -0.525. The van der Waals surface area contributed by atoms with E-state index < -0.39 is 5.91 Å². The van der Waals surface area contributed by atoms with E-state index in [4.69, 9.17) is 5.73 Å². The number of hydrogen-bond acceptors (Lipinski definition) is 2. The van der Waals surface area contributed by atoms with Gasteiger partial charge in [-0.1, -0.05) is 39.2 Å². The van der Waals surface area contributed by atoms with Crippen LogP contribution in [0.3, 0.4) is 0 Å². The molecule has 0 radical (unpaired) electrons. The zero-order valence-corrected chi connectivity index (χ0v) is 10.1. The van der Waals surface area contributed by atoms with Crippen molar-refractivity contribution in [1.82, 2.24) is 5.32 Å². The summed E-state index contributed by atoms with van der Waals surface area (Å²) >= 11 is 0. The molecule has 92 valence electrons. The second-order valence-electron chi connectivity index (χ2n) is 3.92. The van der Waals surface area contributed by atoms with Gasteiger partial charge in [-0.3, -0.25) is 9.59 Å². The fraction of sp³-hybridized carbons (Fsp3) is 0.667. The fourth-order valence-electron chi connectivity index (χ4n) is 1.35. The Kier molecular flexibility index (Phi) is 8.21. The standard InChI is InChI=1S/C12H22N2O2/c1-3-4-5-6-7-8-14-12(16)10(2)9-11(13)15/h2-9H2,1H3,(H2,13,15)(H,14,16). The molecule has 4 nitrogen and oxygen atoms in total. The van der Waals surface area contributed by atoms with E-state index in [0.717, 1.165) is 12.8 Å². The van der Waals surface area contributed by atoms with Crippen LogP contribution >= 0.6 is 0 Å². The van der Waals surface area contributed by atoms with Gasteiger partial charge in [0, 0.05) is 12.1 Å². The van der Waals surface area contributed by atoms with Gasteiger partial charge in [-0.05, 0) is 6.42 Å². The molecule has 16 heavy (non-hydrogen) atoms. The van der Waals surface area contributed by atoms with E-state index in [1.165, 1.54) is 19.3 Å². The Balaban J connectivity index is 3.50. The minimum Gasteiger partial charge on any atom is -0.369 e. The molecule has 0 unspecified atom stereocenters. The lowest BCUT2D eigenvalue weighted by Gasteiger charge is -2.05. The highest BCUT2D eigenvalue weighted by Gasteiger charge is 2.08. The van der Waals surface area contributed by atoms with Crippen LogP contribution in [0, 0.1) is 0 Å². The van der Waals surface area contributed by atoms with Gasteiger partial charge < -0.3 is 11.1 Å². The predicted molar refractivity (Wildman–Crippen MR) is 64.7 cm³/mol. The first-order valence-corrected chi connectivity index (χ1v) is 5.82. The van der Waals surface area contributed by atoms with E-state index in [1.54, 1.807) is 0 Å². The van der Waals surface area contributed by atoms with Crippen molar-refractivity contribution < 1.29 is 9.59 Å². The average molecular weight is 226 g/mol. The van der Waals surface area contributed by atoms with Gasteiger partial charge in [0.2, 0.25) is 11.8 Å². The number of nitrogens with two attached hydrogens (primary N) is 1. The normalized spacial score (nSPS) is 9.81. The van der Waals surface area contributed by atoms with Crippen LogP contribution in [0.2, 0.25) is 0 Å². The van der Waals surface area contributed by atoms with Crippen molar-refractivity contribution in [3.63, 3.8) is 0 Å². The molecule has 0 rings (SSSR count). The summed E-state index contributed by atoms with van der Waals surface area (Å²) < 4.78 is 0. The van der Waals surface area contributed by atoms with E-state index >= 15 is 0 Å². The lowest BCUT2D eigenvalue weighted by Crippen LogP contribution is -2.27. The first kappa shape index (κ1) is 14.7. The number of hydrogen-bond donors (Lipinski definition) is 2. The van der Waals surface area contributed by atoms with E-state index in [2.05, 4.69) is 18.8 Å². The topological polar surface area (TPSA) is 72.2 Å². The molecule has 0 atom stereocenters. The lowest BCUT2D eigenvalue weighted by molar-refractivity contribution is -0.121. The minimum absolute atomic E-state index is 0.0678. The van der Waals surface area contributed by atoms with Crippen LogP contribution in [0.15, 0.2) is 12.2 Å². The molecule has 0 saturated carbocycles. The van der Waals surface area contributed by atoms with Crippen LogP contribution in [-0.4, -0.2) is 18.4 Å². The quantitative estimate of drug-likeness (QED) is 0.462. The summed E-state index contributed by atoms with van der Waals surface area (Å²) in [4.78, 5) is 21.9. The largest absolute Gasteiger partial charge is 0.369 e. The zero-order chi connectivity index (χ0) is 12.4. The van der Waals surface area contributed by atoms with Crippen molar-refractivity contribution in [3.8, 4) is 0 Å². The summed E-state index contributed by atoms with van der Waals surface area (Å²) in [5, 5.41) is 2.72. The number of carbonyl (C=O) groups excluding carboxylic acids is 2. The van der Waals surface area contributed by atoms with Crippen molar-refractivity contribution in [3.05, 3.63) is 12.2 Å². The van der Waals surface area contributed by atoms with Crippen LogP contribution in [0.4, 0.5) is 0 Å². The van der Waals surface area contributed by atoms with Gasteiger partial charge in [0.05, 0.1) is 6.42 Å².